The second-order valence-electron chi connectivity index (χ2n) is 14.0. The van der Waals surface area contributed by atoms with Gasteiger partial charge in [0.1, 0.15) is 35.3 Å². The fraction of sp³-hybridized carbons (Fsp3) is 0.581. The normalized spacial score (nSPS) is 18.1. The van der Waals surface area contributed by atoms with E-state index in [1.54, 1.807) is 29.2 Å². The lowest BCUT2D eigenvalue weighted by Crippen LogP contribution is -2.71. The van der Waals surface area contributed by atoms with Crippen LogP contribution in [0.4, 0.5) is 10.6 Å². The summed E-state index contributed by atoms with van der Waals surface area (Å²) in [5.41, 5.74) is 8.15. The van der Waals surface area contributed by atoms with Gasteiger partial charge in [-0.3, -0.25) is 9.63 Å². The maximum Gasteiger partial charge on any atom is 0.410 e. The molecule has 2 aliphatic rings. The summed E-state index contributed by atoms with van der Waals surface area (Å²) in [6, 6.07) is 8.82. The number of hydroxylamine groups is 1. The van der Waals surface area contributed by atoms with E-state index in [1.807, 2.05) is 20.8 Å². The van der Waals surface area contributed by atoms with Crippen molar-refractivity contribution in [1.29, 1.82) is 5.26 Å². The zero-order valence-corrected chi connectivity index (χ0v) is 28.4. The molecule has 2 aliphatic heterocycles. The van der Waals surface area contributed by atoms with E-state index >= 15 is 0 Å². The van der Waals surface area contributed by atoms with Crippen LogP contribution in [0, 0.1) is 11.3 Å². The molecule has 3 N–H and O–H groups in total. The van der Waals surface area contributed by atoms with Crippen molar-refractivity contribution >= 4 is 26.1 Å². The molecular formula is C31H44N6O7Si. The lowest BCUT2D eigenvalue weighted by Gasteiger charge is -2.54. The van der Waals surface area contributed by atoms with Gasteiger partial charge in [0, 0.05) is 12.0 Å². The van der Waals surface area contributed by atoms with E-state index in [9.17, 15) is 14.9 Å². The predicted octanol–water partition coefficient (Wildman–Crippen LogP) is 4.44. The smallest absolute Gasteiger partial charge is 0.410 e. The number of benzene rings is 1. The molecule has 4 rings (SSSR count). The van der Waals surface area contributed by atoms with Crippen molar-refractivity contribution < 1.29 is 33.1 Å². The van der Waals surface area contributed by atoms with Crippen LogP contribution in [0.1, 0.15) is 63.9 Å². The van der Waals surface area contributed by atoms with Gasteiger partial charge in [-0.1, -0.05) is 32.9 Å². The highest BCUT2D eigenvalue weighted by Crippen LogP contribution is 2.42. The zero-order valence-electron chi connectivity index (χ0n) is 27.4. The van der Waals surface area contributed by atoms with Crippen LogP contribution < -0.4 is 16.0 Å². The first kappa shape index (κ1) is 34.1. The molecular weight excluding hydrogens is 596 g/mol. The van der Waals surface area contributed by atoms with E-state index in [4.69, 9.17) is 29.2 Å². The van der Waals surface area contributed by atoms with Crippen molar-refractivity contribution in [3.63, 3.8) is 0 Å². The summed E-state index contributed by atoms with van der Waals surface area (Å²) in [7, 11) is -2.31. The summed E-state index contributed by atoms with van der Waals surface area (Å²) < 4.78 is 23.8. The minimum absolute atomic E-state index is 0.0246. The third-order valence-electron chi connectivity index (χ3n) is 7.93. The molecule has 13 nitrogen and oxygen atoms in total. The number of ether oxygens (including phenoxy) is 3. The minimum Gasteiger partial charge on any atom is -0.471 e. The number of aromatic nitrogens is 2. The number of carbonyl (C=O) groups excluding carboxylic acids is 2. The topological polar surface area (TPSA) is 171 Å². The lowest BCUT2D eigenvalue weighted by atomic mass is 9.96. The molecule has 14 heteroatoms. The highest BCUT2D eigenvalue weighted by Gasteiger charge is 2.53. The number of hydrogen-bond donors (Lipinski definition) is 2. The highest BCUT2D eigenvalue weighted by atomic mass is 28.4. The second-order valence-corrected chi connectivity index (χ2v) is 18.7. The number of nitrogens with two attached hydrogens (primary N) is 1. The van der Waals surface area contributed by atoms with Crippen LogP contribution in [-0.4, -0.2) is 85.4 Å². The molecule has 2 aromatic rings. The first-order valence-electron chi connectivity index (χ1n) is 14.9. The predicted molar refractivity (Wildman–Crippen MR) is 169 cm³/mol. The van der Waals surface area contributed by atoms with Crippen LogP contribution in [0.25, 0.3) is 11.4 Å². The maximum atomic E-state index is 13.5. The third kappa shape index (κ3) is 8.29. The van der Waals surface area contributed by atoms with Gasteiger partial charge in [0.05, 0.1) is 37.9 Å². The average molecular weight is 641 g/mol. The van der Waals surface area contributed by atoms with E-state index in [1.165, 1.54) is 0 Å². The van der Waals surface area contributed by atoms with Gasteiger partial charge >= 0.3 is 6.09 Å². The van der Waals surface area contributed by atoms with E-state index in [-0.39, 0.29) is 53.9 Å². The van der Waals surface area contributed by atoms with E-state index in [2.05, 4.69) is 55.4 Å². The van der Waals surface area contributed by atoms with Crippen molar-refractivity contribution in [3.8, 4) is 23.3 Å². The van der Waals surface area contributed by atoms with Gasteiger partial charge in [-0.2, -0.15) is 10.2 Å². The molecule has 0 radical (unpaired) electrons. The number of rotatable bonds is 9. The number of nitrogens with one attached hydrogen (secondary N) is 1. The molecule has 0 bridgehead atoms. The Hall–Kier alpha value is -3.77. The fourth-order valence-corrected chi connectivity index (χ4v) is 6.22. The molecule has 2 fully saturated rings. The summed E-state index contributed by atoms with van der Waals surface area (Å²) in [4.78, 5) is 42.4. The quantitative estimate of drug-likeness (QED) is 0.293. The largest absolute Gasteiger partial charge is 0.471 e. The molecule has 1 aromatic carbocycles. The Balaban J connectivity index is 1.54. The Labute approximate surface area is 265 Å². The molecule has 1 aromatic heterocycles. The Morgan fingerprint density at radius 2 is 1.91 bits per heavy atom. The Morgan fingerprint density at radius 1 is 1.20 bits per heavy atom. The van der Waals surface area contributed by atoms with Crippen molar-refractivity contribution in [3.05, 3.63) is 35.4 Å². The standard InChI is InChI=1S/C31H44N6O7Si/c1-29(2,3)43-28(39)37-17-31(18-37,44-45(7,8)30(4,5)6)19-41-36-26(38)23-24(33)34-25(21-11-9-10-20(14-21)15-32)35-27(23)42-22-12-13-40-16-22/h9-11,14,22H,12-13,16-19H2,1-8H3,(H,36,38)(H2,33,34,35)/t22-/m0/s1. The van der Waals surface area contributed by atoms with E-state index < -0.39 is 31.5 Å². The molecule has 0 spiro atoms. The van der Waals surface area contributed by atoms with Gasteiger partial charge < -0.3 is 29.3 Å². The molecule has 1 atom stereocenters. The van der Waals surface area contributed by atoms with Crippen molar-refractivity contribution in [2.75, 3.05) is 38.6 Å². The van der Waals surface area contributed by atoms with Crippen LogP contribution in [0.5, 0.6) is 5.88 Å². The number of hydrogen-bond acceptors (Lipinski definition) is 11. The average Bonchev–Trinajstić information content (AvgIpc) is 3.42. The number of nitrogen functional groups attached to an aromatic ring is 1. The van der Waals surface area contributed by atoms with Crippen molar-refractivity contribution in [2.24, 2.45) is 0 Å². The zero-order chi connectivity index (χ0) is 33.2. The Morgan fingerprint density at radius 3 is 2.51 bits per heavy atom. The molecule has 2 saturated heterocycles. The number of anilines is 1. The fourth-order valence-electron chi connectivity index (χ4n) is 4.64. The molecule has 2 amide bonds. The summed E-state index contributed by atoms with van der Waals surface area (Å²) in [6.45, 7) is 17.3. The van der Waals surface area contributed by atoms with Gasteiger partial charge in [-0.25, -0.2) is 15.3 Å². The molecule has 0 aliphatic carbocycles. The van der Waals surface area contributed by atoms with Gasteiger partial charge in [0.15, 0.2) is 14.1 Å². The lowest BCUT2D eigenvalue weighted by molar-refractivity contribution is -0.138. The number of likely N-dealkylation sites (tertiary alicyclic amines) is 1. The molecule has 244 valence electrons. The van der Waals surface area contributed by atoms with E-state index in [0.717, 1.165) is 0 Å². The summed E-state index contributed by atoms with van der Waals surface area (Å²) in [5, 5.41) is 9.22. The number of nitrogens with zero attached hydrogens (tertiary/aromatic N) is 4. The van der Waals surface area contributed by atoms with Crippen LogP contribution in [-0.2, 0) is 18.7 Å². The van der Waals surface area contributed by atoms with E-state index in [0.29, 0.717) is 30.8 Å². The van der Waals surface area contributed by atoms with Crippen LogP contribution >= 0.6 is 0 Å². The van der Waals surface area contributed by atoms with Crippen LogP contribution in [0.2, 0.25) is 18.1 Å². The van der Waals surface area contributed by atoms with Gasteiger partial charge in [-0.05, 0) is 51.0 Å². The highest BCUT2D eigenvalue weighted by molar-refractivity contribution is 6.74. The van der Waals surface area contributed by atoms with Gasteiger partial charge in [-0.15, -0.1) is 0 Å². The molecule has 45 heavy (non-hydrogen) atoms. The second kappa shape index (κ2) is 12.9. The number of amides is 2. The molecule has 0 unspecified atom stereocenters. The summed E-state index contributed by atoms with van der Waals surface area (Å²) >= 11 is 0. The third-order valence-corrected chi connectivity index (χ3v) is 12.5. The van der Waals surface area contributed by atoms with Gasteiger partial charge in [0.2, 0.25) is 5.88 Å². The van der Waals surface area contributed by atoms with Crippen LogP contribution in [0.3, 0.4) is 0 Å². The molecule has 0 saturated carbocycles. The summed E-state index contributed by atoms with van der Waals surface area (Å²) in [6.07, 6.45) is -0.161. The first-order chi connectivity index (χ1) is 20.9. The number of nitriles is 1. The Bertz CT molecular complexity index is 1450. The first-order valence-corrected chi connectivity index (χ1v) is 17.9. The number of carbonyl (C=O) groups is 2. The SMILES string of the molecule is CC(C)(C)OC(=O)N1CC(CONC(=O)c2c(N)nc(-c3cccc(C#N)c3)nc2O[C@H]2CCOC2)(O[Si](C)(C)C(C)(C)C)C1. The van der Waals surface area contributed by atoms with Gasteiger partial charge in [0.25, 0.3) is 5.91 Å². The monoisotopic (exact) mass is 640 g/mol. The summed E-state index contributed by atoms with van der Waals surface area (Å²) in [5.74, 6) is -0.647. The van der Waals surface area contributed by atoms with Crippen LogP contribution in [0.15, 0.2) is 24.3 Å². The Kier molecular flexibility index (Phi) is 9.79. The molecule has 3 heterocycles. The van der Waals surface area contributed by atoms with Crippen molar-refractivity contribution in [2.45, 2.75) is 83.4 Å². The van der Waals surface area contributed by atoms with Crippen molar-refractivity contribution in [1.82, 2.24) is 20.3 Å². The minimum atomic E-state index is -2.31. The maximum absolute atomic E-state index is 13.5.